The van der Waals surface area contributed by atoms with E-state index < -0.39 is 4.92 Å². The van der Waals surface area contributed by atoms with Crippen LogP contribution in [0, 0.1) is 17.0 Å². The quantitative estimate of drug-likeness (QED) is 0.669. The Kier molecular flexibility index (Phi) is 4.49. The number of nitrogens with one attached hydrogen (secondary N) is 2. The zero-order valence-electron chi connectivity index (χ0n) is 11.5. The summed E-state index contributed by atoms with van der Waals surface area (Å²) in [5, 5.41) is 18.7. The lowest BCUT2D eigenvalue weighted by Gasteiger charge is -2.13. The number of benzene rings is 1. The standard InChI is InChI=1S/C13H14N4O3S/c1-8-7-10(17(19)20)3-4-11(8)16-13(18)15-9(2)12-14-5-6-21-12/h3-7,9H,1-2H3,(H2,15,16,18)/t9-/m0/s1. The smallest absolute Gasteiger partial charge is 0.319 e. The lowest BCUT2D eigenvalue weighted by molar-refractivity contribution is -0.384. The van der Waals surface area contributed by atoms with Gasteiger partial charge in [0.1, 0.15) is 5.01 Å². The predicted molar refractivity (Wildman–Crippen MR) is 80.5 cm³/mol. The molecule has 0 aliphatic rings. The van der Waals surface area contributed by atoms with Gasteiger partial charge in [0.25, 0.3) is 5.69 Å². The van der Waals surface area contributed by atoms with Crippen LogP contribution in [0.4, 0.5) is 16.2 Å². The van der Waals surface area contributed by atoms with Crippen LogP contribution in [0.2, 0.25) is 0 Å². The van der Waals surface area contributed by atoms with Crippen molar-refractivity contribution in [2.24, 2.45) is 0 Å². The van der Waals surface area contributed by atoms with Crippen molar-refractivity contribution in [1.82, 2.24) is 10.3 Å². The van der Waals surface area contributed by atoms with E-state index in [-0.39, 0.29) is 17.8 Å². The molecule has 1 aromatic carbocycles. The molecule has 0 saturated heterocycles. The number of anilines is 1. The molecule has 1 heterocycles. The Bertz CT molecular complexity index is 657. The Morgan fingerprint density at radius 2 is 2.24 bits per heavy atom. The number of urea groups is 1. The maximum Gasteiger partial charge on any atom is 0.319 e. The number of carbonyl (C=O) groups excluding carboxylic acids is 1. The topological polar surface area (TPSA) is 97.2 Å². The fourth-order valence-electron chi connectivity index (χ4n) is 1.77. The molecule has 2 amide bonds. The van der Waals surface area contributed by atoms with Gasteiger partial charge in [0, 0.05) is 29.4 Å². The molecule has 0 bridgehead atoms. The number of carbonyl (C=O) groups is 1. The second-order valence-corrected chi connectivity index (χ2v) is 5.37. The largest absolute Gasteiger partial charge is 0.329 e. The van der Waals surface area contributed by atoms with Gasteiger partial charge in [-0.3, -0.25) is 10.1 Å². The van der Waals surface area contributed by atoms with E-state index in [0.29, 0.717) is 11.3 Å². The van der Waals surface area contributed by atoms with Gasteiger partial charge < -0.3 is 10.6 Å². The number of non-ortho nitro benzene ring substituents is 1. The van der Waals surface area contributed by atoms with Crippen molar-refractivity contribution < 1.29 is 9.72 Å². The molecule has 0 saturated carbocycles. The summed E-state index contributed by atoms with van der Waals surface area (Å²) in [4.78, 5) is 26.2. The molecule has 0 unspecified atom stereocenters. The van der Waals surface area contributed by atoms with E-state index in [1.165, 1.54) is 29.5 Å². The summed E-state index contributed by atoms with van der Waals surface area (Å²) in [6, 6.07) is 3.70. The lowest BCUT2D eigenvalue weighted by atomic mass is 10.2. The first-order chi connectivity index (χ1) is 9.97. The van der Waals surface area contributed by atoms with Gasteiger partial charge in [0.2, 0.25) is 0 Å². The van der Waals surface area contributed by atoms with Crippen LogP contribution in [0.15, 0.2) is 29.8 Å². The number of hydrogen-bond donors (Lipinski definition) is 2. The maximum atomic E-state index is 11.9. The second-order valence-electron chi connectivity index (χ2n) is 4.45. The summed E-state index contributed by atoms with van der Waals surface area (Å²) < 4.78 is 0. The highest BCUT2D eigenvalue weighted by atomic mass is 32.1. The zero-order valence-corrected chi connectivity index (χ0v) is 12.3. The number of hydrogen-bond acceptors (Lipinski definition) is 5. The molecule has 0 aliphatic heterocycles. The second kappa shape index (κ2) is 6.31. The zero-order chi connectivity index (χ0) is 15.4. The van der Waals surface area contributed by atoms with Gasteiger partial charge in [0.15, 0.2) is 0 Å². The first-order valence-electron chi connectivity index (χ1n) is 6.19. The molecule has 0 spiro atoms. The SMILES string of the molecule is Cc1cc([N+](=O)[O-])ccc1NC(=O)N[C@@H](C)c1nccs1. The average Bonchev–Trinajstić information content (AvgIpc) is 2.94. The highest BCUT2D eigenvalue weighted by Gasteiger charge is 2.13. The third kappa shape index (κ3) is 3.76. The fourth-order valence-corrected chi connectivity index (χ4v) is 2.41. The van der Waals surface area contributed by atoms with E-state index in [9.17, 15) is 14.9 Å². The van der Waals surface area contributed by atoms with E-state index in [1.807, 2.05) is 12.3 Å². The van der Waals surface area contributed by atoms with Gasteiger partial charge in [-0.2, -0.15) is 0 Å². The van der Waals surface area contributed by atoms with Crippen molar-refractivity contribution in [2.45, 2.75) is 19.9 Å². The Morgan fingerprint density at radius 3 is 2.81 bits per heavy atom. The number of amides is 2. The van der Waals surface area contributed by atoms with Crippen LogP contribution in [0.1, 0.15) is 23.5 Å². The molecule has 8 heteroatoms. The third-order valence-corrected chi connectivity index (χ3v) is 3.80. The molecule has 21 heavy (non-hydrogen) atoms. The van der Waals surface area contributed by atoms with Crippen LogP contribution in [0.25, 0.3) is 0 Å². The van der Waals surface area contributed by atoms with Crippen molar-refractivity contribution in [1.29, 1.82) is 0 Å². The summed E-state index contributed by atoms with van der Waals surface area (Å²) in [5.41, 5.74) is 1.15. The highest BCUT2D eigenvalue weighted by Crippen LogP contribution is 2.21. The summed E-state index contributed by atoms with van der Waals surface area (Å²) in [7, 11) is 0. The van der Waals surface area contributed by atoms with Crippen LogP contribution >= 0.6 is 11.3 Å². The van der Waals surface area contributed by atoms with Crippen molar-refractivity contribution >= 4 is 28.7 Å². The lowest BCUT2D eigenvalue weighted by Crippen LogP contribution is -2.31. The molecular weight excluding hydrogens is 292 g/mol. The van der Waals surface area contributed by atoms with Crippen LogP contribution in [-0.2, 0) is 0 Å². The molecule has 1 atom stereocenters. The number of thiazole rings is 1. The molecule has 0 fully saturated rings. The molecule has 1 aromatic heterocycles. The van der Waals surface area contributed by atoms with E-state index in [4.69, 9.17) is 0 Å². The minimum Gasteiger partial charge on any atom is -0.329 e. The molecule has 0 radical (unpaired) electrons. The van der Waals surface area contributed by atoms with E-state index in [1.54, 1.807) is 13.1 Å². The van der Waals surface area contributed by atoms with Gasteiger partial charge in [-0.05, 0) is 25.5 Å². The summed E-state index contributed by atoms with van der Waals surface area (Å²) in [6.45, 7) is 3.54. The van der Waals surface area contributed by atoms with Gasteiger partial charge in [-0.15, -0.1) is 11.3 Å². The number of nitro benzene ring substituents is 1. The molecule has 2 rings (SSSR count). The number of nitrogens with zero attached hydrogens (tertiary/aromatic N) is 2. The van der Waals surface area contributed by atoms with Crippen LogP contribution in [-0.4, -0.2) is 15.9 Å². The Balaban J connectivity index is 2.01. The van der Waals surface area contributed by atoms with Crippen LogP contribution in [0.5, 0.6) is 0 Å². The molecule has 2 N–H and O–H groups in total. The van der Waals surface area contributed by atoms with E-state index in [2.05, 4.69) is 15.6 Å². The summed E-state index contributed by atoms with van der Waals surface area (Å²) in [5.74, 6) is 0. The first-order valence-corrected chi connectivity index (χ1v) is 7.07. The fraction of sp³-hybridized carbons (Fsp3) is 0.231. The number of nitro groups is 1. The maximum absolute atomic E-state index is 11.9. The number of rotatable bonds is 4. The van der Waals surface area contributed by atoms with E-state index in [0.717, 1.165) is 5.01 Å². The molecule has 0 aliphatic carbocycles. The minimum atomic E-state index is -0.471. The minimum absolute atomic E-state index is 0.00499. The number of aromatic nitrogens is 1. The summed E-state index contributed by atoms with van der Waals surface area (Å²) >= 11 is 1.46. The molecule has 110 valence electrons. The first kappa shape index (κ1) is 14.9. The highest BCUT2D eigenvalue weighted by molar-refractivity contribution is 7.09. The van der Waals surface area contributed by atoms with E-state index >= 15 is 0 Å². The predicted octanol–water partition coefficient (Wildman–Crippen LogP) is 3.24. The molecular formula is C13H14N4O3S. The Labute approximate surface area is 125 Å². The van der Waals surface area contributed by atoms with Gasteiger partial charge >= 0.3 is 6.03 Å². The van der Waals surface area contributed by atoms with Crippen LogP contribution in [0.3, 0.4) is 0 Å². The average molecular weight is 306 g/mol. The number of aryl methyl sites for hydroxylation is 1. The normalized spacial score (nSPS) is 11.7. The van der Waals surface area contributed by atoms with Crippen molar-refractivity contribution in [3.8, 4) is 0 Å². The van der Waals surface area contributed by atoms with Crippen molar-refractivity contribution in [2.75, 3.05) is 5.32 Å². The van der Waals surface area contributed by atoms with Gasteiger partial charge in [0.05, 0.1) is 11.0 Å². The molecule has 7 nitrogen and oxygen atoms in total. The third-order valence-electron chi connectivity index (χ3n) is 2.84. The summed E-state index contributed by atoms with van der Waals surface area (Å²) in [6.07, 6.45) is 1.68. The monoisotopic (exact) mass is 306 g/mol. The van der Waals surface area contributed by atoms with Crippen molar-refractivity contribution in [3.05, 3.63) is 50.5 Å². The molecule has 2 aromatic rings. The van der Waals surface area contributed by atoms with Crippen molar-refractivity contribution in [3.63, 3.8) is 0 Å². The van der Waals surface area contributed by atoms with Gasteiger partial charge in [-0.1, -0.05) is 0 Å². The Morgan fingerprint density at radius 1 is 1.48 bits per heavy atom. The van der Waals surface area contributed by atoms with Crippen LogP contribution < -0.4 is 10.6 Å². The van der Waals surface area contributed by atoms with Gasteiger partial charge in [-0.25, -0.2) is 9.78 Å². The Hall–Kier alpha value is -2.48.